The fraction of sp³-hybridized carbons (Fsp3) is 0.526. The van der Waals surface area contributed by atoms with Crippen molar-refractivity contribution in [2.24, 2.45) is 0 Å². The molecule has 1 saturated carbocycles. The van der Waals surface area contributed by atoms with Gasteiger partial charge in [-0.15, -0.1) is 0 Å². The highest BCUT2D eigenvalue weighted by molar-refractivity contribution is 5.91. The highest BCUT2D eigenvalue weighted by Gasteiger charge is 2.22. The van der Waals surface area contributed by atoms with E-state index in [4.69, 9.17) is 4.42 Å². The normalized spacial score (nSPS) is 16.4. The summed E-state index contributed by atoms with van der Waals surface area (Å²) in [5.41, 5.74) is 1.81. The molecule has 6 nitrogen and oxygen atoms in total. The number of nitrogens with one attached hydrogen (secondary N) is 1. The Kier molecular flexibility index (Phi) is 5.36. The minimum Gasteiger partial charge on any atom is -0.459 e. The monoisotopic (exact) mass is 342 g/mol. The van der Waals surface area contributed by atoms with Gasteiger partial charge in [0, 0.05) is 30.5 Å². The molecular formula is C19H26N4O2. The summed E-state index contributed by atoms with van der Waals surface area (Å²) in [7, 11) is 2.08. The molecule has 0 aromatic carbocycles. The third-order valence-electron chi connectivity index (χ3n) is 5.00. The highest BCUT2D eigenvalue weighted by atomic mass is 16.3. The number of furan rings is 1. The number of amides is 1. The molecule has 3 rings (SSSR count). The third-order valence-corrected chi connectivity index (χ3v) is 5.00. The molecule has 2 aromatic rings. The van der Waals surface area contributed by atoms with Crippen molar-refractivity contribution in [1.29, 1.82) is 0 Å². The lowest BCUT2D eigenvalue weighted by atomic mass is 9.95. The van der Waals surface area contributed by atoms with E-state index in [1.54, 1.807) is 12.1 Å². The maximum Gasteiger partial charge on any atom is 0.287 e. The molecule has 134 valence electrons. The van der Waals surface area contributed by atoms with Crippen LogP contribution >= 0.6 is 0 Å². The smallest absolute Gasteiger partial charge is 0.287 e. The van der Waals surface area contributed by atoms with Gasteiger partial charge in [-0.1, -0.05) is 19.3 Å². The summed E-state index contributed by atoms with van der Waals surface area (Å²) >= 11 is 0. The van der Waals surface area contributed by atoms with E-state index in [0.29, 0.717) is 11.8 Å². The lowest BCUT2D eigenvalue weighted by Crippen LogP contribution is -2.35. The van der Waals surface area contributed by atoms with Crippen LogP contribution in [0.3, 0.4) is 0 Å². The molecule has 1 amide bonds. The molecule has 1 N–H and O–H groups in total. The summed E-state index contributed by atoms with van der Waals surface area (Å²) in [4.78, 5) is 23.6. The van der Waals surface area contributed by atoms with Gasteiger partial charge in [0.05, 0.1) is 12.3 Å². The Morgan fingerprint density at radius 1 is 1.36 bits per heavy atom. The third kappa shape index (κ3) is 4.00. The fourth-order valence-corrected chi connectivity index (χ4v) is 3.44. The Hall–Kier alpha value is -2.37. The Balaban J connectivity index is 1.69. The van der Waals surface area contributed by atoms with Crippen LogP contribution in [0.25, 0.3) is 0 Å². The van der Waals surface area contributed by atoms with E-state index in [9.17, 15) is 4.79 Å². The summed E-state index contributed by atoms with van der Waals surface area (Å²) in [6.45, 7) is 3.89. The van der Waals surface area contributed by atoms with Crippen LogP contribution in [0.15, 0.2) is 29.0 Å². The van der Waals surface area contributed by atoms with Crippen molar-refractivity contribution >= 4 is 11.9 Å². The van der Waals surface area contributed by atoms with E-state index in [0.717, 1.165) is 17.2 Å². The number of aromatic nitrogens is 2. The quantitative estimate of drug-likeness (QED) is 0.898. The molecule has 2 heterocycles. The van der Waals surface area contributed by atoms with Gasteiger partial charge in [0.1, 0.15) is 0 Å². The van der Waals surface area contributed by atoms with Crippen LogP contribution in [0.1, 0.15) is 66.9 Å². The number of nitrogens with zero attached hydrogens (tertiary/aromatic N) is 3. The first kappa shape index (κ1) is 17.5. The second kappa shape index (κ2) is 7.68. The van der Waals surface area contributed by atoms with E-state index in [2.05, 4.69) is 27.2 Å². The maximum absolute atomic E-state index is 12.1. The van der Waals surface area contributed by atoms with Crippen LogP contribution in [-0.4, -0.2) is 29.0 Å². The maximum atomic E-state index is 12.1. The van der Waals surface area contributed by atoms with Gasteiger partial charge < -0.3 is 14.6 Å². The molecule has 0 bridgehead atoms. The van der Waals surface area contributed by atoms with Crippen LogP contribution in [0.2, 0.25) is 0 Å². The molecule has 1 unspecified atom stereocenters. The zero-order chi connectivity index (χ0) is 17.8. The Morgan fingerprint density at radius 3 is 2.76 bits per heavy atom. The summed E-state index contributed by atoms with van der Waals surface area (Å²) in [6.07, 6.45) is 9.61. The van der Waals surface area contributed by atoms with E-state index < -0.39 is 0 Å². The summed E-state index contributed by atoms with van der Waals surface area (Å²) in [6, 6.07) is 3.68. The van der Waals surface area contributed by atoms with E-state index in [1.165, 1.54) is 38.4 Å². The predicted octanol–water partition coefficient (Wildman–Crippen LogP) is 3.64. The molecule has 1 fully saturated rings. The van der Waals surface area contributed by atoms with Gasteiger partial charge in [-0.05, 0) is 38.8 Å². The number of carbonyl (C=O) groups is 1. The number of aryl methyl sites for hydroxylation is 1. The van der Waals surface area contributed by atoms with Crippen molar-refractivity contribution in [3.63, 3.8) is 0 Å². The average Bonchev–Trinajstić information content (AvgIpc) is 3.16. The molecule has 0 saturated heterocycles. The number of hydrogen-bond donors (Lipinski definition) is 1. The Morgan fingerprint density at radius 2 is 2.12 bits per heavy atom. The summed E-state index contributed by atoms with van der Waals surface area (Å²) in [5, 5.41) is 2.93. The first-order valence-corrected chi connectivity index (χ1v) is 8.97. The van der Waals surface area contributed by atoms with E-state index >= 15 is 0 Å². The molecule has 0 spiro atoms. The standard InChI is InChI=1S/C19H26N4O2/c1-13(21-18(24)17-10-7-11-25-17)16-12-20-19(22-14(16)2)23(3)15-8-5-4-6-9-15/h7,10-13,15H,4-6,8-9H2,1-3H3,(H,21,24). The first-order valence-electron chi connectivity index (χ1n) is 8.97. The number of anilines is 1. The van der Waals surface area contributed by atoms with Gasteiger partial charge >= 0.3 is 0 Å². The van der Waals surface area contributed by atoms with Crippen LogP contribution in [0.4, 0.5) is 5.95 Å². The Labute approximate surface area is 148 Å². The number of hydrogen-bond acceptors (Lipinski definition) is 5. The Bertz CT molecular complexity index is 708. The second-order valence-corrected chi connectivity index (χ2v) is 6.79. The van der Waals surface area contributed by atoms with Gasteiger partial charge in [0.25, 0.3) is 5.91 Å². The SMILES string of the molecule is Cc1nc(N(C)C2CCCCC2)ncc1C(C)NC(=O)c1ccco1. The first-order chi connectivity index (χ1) is 12.1. The fourth-order valence-electron chi connectivity index (χ4n) is 3.44. The van der Waals surface area contributed by atoms with Crippen molar-refractivity contribution in [2.45, 2.75) is 58.0 Å². The van der Waals surface area contributed by atoms with Crippen LogP contribution in [0, 0.1) is 6.92 Å². The molecule has 2 aromatic heterocycles. The molecule has 1 atom stereocenters. The molecule has 0 aliphatic heterocycles. The van der Waals surface area contributed by atoms with Crippen molar-refractivity contribution in [1.82, 2.24) is 15.3 Å². The van der Waals surface area contributed by atoms with Gasteiger partial charge in [0.2, 0.25) is 5.95 Å². The van der Waals surface area contributed by atoms with Crippen LogP contribution < -0.4 is 10.2 Å². The van der Waals surface area contributed by atoms with Crippen molar-refractivity contribution in [3.05, 3.63) is 41.6 Å². The lowest BCUT2D eigenvalue weighted by Gasteiger charge is -2.31. The van der Waals surface area contributed by atoms with Gasteiger partial charge in [-0.25, -0.2) is 9.97 Å². The van der Waals surface area contributed by atoms with Crippen LogP contribution in [0.5, 0.6) is 0 Å². The number of carbonyl (C=O) groups excluding carboxylic acids is 1. The van der Waals surface area contributed by atoms with Gasteiger partial charge in [0.15, 0.2) is 5.76 Å². The molecule has 25 heavy (non-hydrogen) atoms. The zero-order valence-corrected chi connectivity index (χ0v) is 15.2. The molecule has 1 aliphatic carbocycles. The topological polar surface area (TPSA) is 71.3 Å². The summed E-state index contributed by atoms with van der Waals surface area (Å²) < 4.78 is 5.13. The zero-order valence-electron chi connectivity index (χ0n) is 15.2. The summed E-state index contributed by atoms with van der Waals surface area (Å²) in [5.74, 6) is 0.831. The highest BCUT2D eigenvalue weighted by Crippen LogP contribution is 2.25. The van der Waals surface area contributed by atoms with Gasteiger partial charge in [-0.2, -0.15) is 0 Å². The predicted molar refractivity (Wildman–Crippen MR) is 96.6 cm³/mol. The average molecular weight is 342 g/mol. The van der Waals surface area contributed by atoms with Crippen molar-refractivity contribution in [3.8, 4) is 0 Å². The molecule has 1 aliphatic rings. The molecular weight excluding hydrogens is 316 g/mol. The molecule has 0 radical (unpaired) electrons. The van der Waals surface area contributed by atoms with Crippen LogP contribution in [-0.2, 0) is 0 Å². The largest absolute Gasteiger partial charge is 0.459 e. The van der Waals surface area contributed by atoms with Crippen molar-refractivity contribution in [2.75, 3.05) is 11.9 Å². The minimum absolute atomic E-state index is 0.188. The minimum atomic E-state index is -0.236. The molecule has 6 heteroatoms. The number of rotatable bonds is 5. The van der Waals surface area contributed by atoms with Gasteiger partial charge in [-0.3, -0.25) is 4.79 Å². The second-order valence-electron chi connectivity index (χ2n) is 6.79. The van der Waals surface area contributed by atoms with Crippen molar-refractivity contribution < 1.29 is 9.21 Å². The van der Waals surface area contributed by atoms with E-state index in [-0.39, 0.29) is 11.9 Å². The lowest BCUT2D eigenvalue weighted by molar-refractivity contribution is 0.0911. The van der Waals surface area contributed by atoms with E-state index in [1.807, 2.05) is 20.0 Å².